The monoisotopic (exact) mass is 344 g/mol. The zero-order valence-electron chi connectivity index (χ0n) is 15.0. The van der Waals surface area contributed by atoms with Gasteiger partial charge in [-0.2, -0.15) is 0 Å². The fourth-order valence-corrected chi connectivity index (χ4v) is 3.28. The molecule has 26 heavy (non-hydrogen) atoms. The van der Waals surface area contributed by atoms with Gasteiger partial charge >= 0.3 is 0 Å². The van der Waals surface area contributed by atoms with Crippen molar-refractivity contribution in [3.8, 4) is 0 Å². The summed E-state index contributed by atoms with van der Waals surface area (Å²) in [5.74, 6) is -0.698. The van der Waals surface area contributed by atoms with Crippen molar-refractivity contribution in [2.45, 2.75) is 38.5 Å². The SMILES string of the molecule is O=C1C(=O)/C(=C/c2ccccc2)CCCCCC/C1=C\c1ccccc1. The van der Waals surface area contributed by atoms with Gasteiger partial charge in [0.2, 0.25) is 11.6 Å². The van der Waals surface area contributed by atoms with E-state index in [1.807, 2.05) is 72.8 Å². The number of hydrogen-bond acceptors (Lipinski definition) is 2. The minimum Gasteiger partial charge on any atom is -0.285 e. The van der Waals surface area contributed by atoms with Gasteiger partial charge in [0.1, 0.15) is 0 Å². The molecule has 0 amide bonds. The van der Waals surface area contributed by atoms with Gasteiger partial charge in [0.25, 0.3) is 0 Å². The molecule has 2 aromatic rings. The fourth-order valence-electron chi connectivity index (χ4n) is 3.28. The first kappa shape index (κ1) is 18.1. The highest BCUT2D eigenvalue weighted by molar-refractivity contribution is 6.50. The van der Waals surface area contributed by atoms with Crippen molar-refractivity contribution in [1.82, 2.24) is 0 Å². The number of rotatable bonds is 2. The molecule has 1 aliphatic carbocycles. The number of ketones is 2. The first-order valence-electron chi connectivity index (χ1n) is 9.34. The molecule has 1 saturated carbocycles. The van der Waals surface area contributed by atoms with Gasteiger partial charge in [-0.3, -0.25) is 9.59 Å². The van der Waals surface area contributed by atoms with E-state index in [2.05, 4.69) is 0 Å². The van der Waals surface area contributed by atoms with E-state index in [0.29, 0.717) is 24.0 Å². The summed E-state index contributed by atoms with van der Waals surface area (Å²) in [6.07, 6.45) is 9.17. The summed E-state index contributed by atoms with van der Waals surface area (Å²) < 4.78 is 0. The zero-order valence-corrected chi connectivity index (χ0v) is 15.0. The third kappa shape index (κ3) is 4.89. The highest BCUT2D eigenvalue weighted by Gasteiger charge is 2.23. The fraction of sp³-hybridized carbons (Fsp3) is 0.250. The summed E-state index contributed by atoms with van der Waals surface area (Å²) in [4.78, 5) is 25.8. The van der Waals surface area contributed by atoms with Crippen molar-refractivity contribution in [1.29, 1.82) is 0 Å². The normalized spacial score (nSPS) is 19.7. The lowest BCUT2D eigenvalue weighted by Gasteiger charge is -2.12. The van der Waals surface area contributed by atoms with Crippen molar-refractivity contribution >= 4 is 23.7 Å². The van der Waals surface area contributed by atoms with Gasteiger partial charge in [-0.05, 0) is 49.0 Å². The Bertz CT molecular complexity index is 742. The van der Waals surface area contributed by atoms with Crippen LogP contribution >= 0.6 is 0 Å². The molecule has 0 radical (unpaired) electrons. The predicted octanol–water partition coefficient (Wildman–Crippen LogP) is 5.65. The van der Waals surface area contributed by atoms with Gasteiger partial charge in [0, 0.05) is 11.1 Å². The Kier molecular flexibility index (Phi) is 6.32. The minimum atomic E-state index is -0.349. The van der Waals surface area contributed by atoms with Crippen molar-refractivity contribution in [3.05, 3.63) is 82.9 Å². The Morgan fingerprint density at radius 3 is 1.31 bits per heavy atom. The van der Waals surface area contributed by atoms with Crippen molar-refractivity contribution in [2.75, 3.05) is 0 Å². The molecular formula is C24H24O2. The molecule has 0 saturated heterocycles. The number of hydrogen-bond donors (Lipinski definition) is 0. The molecule has 2 aromatic carbocycles. The lowest BCUT2D eigenvalue weighted by atomic mass is 9.90. The van der Waals surface area contributed by atoms with Crippen LogP contribution in [0.4, 0.5) is 0 Å². The lowest BCUT2D eigenvalue weighted by molar-refractivity contribution is -0.132. The Hall–Kier alpha value is -2.74. The van der Waals surface area contributed by atoms with Crippen molar-refractivity contribution in [3.63, 3.8) is 0 Å². The topological polar surface area (TPSA) is 34.1 Å². The maximum Gasteiger partial charge on any atom is 0.229 e. The van der Waals surface area contributed by atoms with Gasteiger partial charge < -0.3 is 0 Å². The van der Waals surface area contributed by atoms with E-state index in [1.165, 1.54) is 0 Å². The Labute approximate surface area is 155 Å². The molecule has 0 bridgehead atoms. The molecule has 0 N–H and O–H groups in total. The van der Waals surface area contributed by atoms with Crippen LogP contribution in [0.5, 0.6) is 0 Å². The molecule has 0 unspecified atom stereocenters. The Morgan fingerprint density at radius 1 is 0.538 bits per heavy atom. The number of Topliss-reactive ketones (excluding diaryl/α,β-unsaturated/α-hetero) is 2. The van der Waals surface area contributed by atoms with Crippen LogP contribution in [0.2, 0.25) is 0 Å². The van der Waals surface area contributed by atoms with E-state index >= 15 is 0 Å². The van der Waals surface area contributed by atoms with Gasteiger partial charge in [-0.25, -0.2) is 0 Å². The molecule has 0 aromatic heterocycles. The van der Waals surface area contributed by atoms with E-state index in [-0.39, 0.29) is 11.6 Å². The summed E-state index contributed by atoms with van der Waals surface area (Å²) in [6, 6.07) is 19.5. The number of carbonyl (C=O) groups excluding carboxylic acids is 2. The maximum absolute atomic E-state index is 12.9. The van der Waals surface area contributed by atoms with Crippen molar-refractivity contribution < 1.29 is 9.59 Å². The second-order valence-electron chi connectivity index (χ2n) is 6.73. The summed E-state index contributed by atoms with van der Waals surface area (Å²) >= 11 is 0. The number of carbonyl (C=O) groups is 2. The Balaban J connectivity index is 1.92. The second kappa shape index (κ2) is 9.10. The van der Waals surface area contributed by atoms with Crippen LogP contribution in [0.25, 0.3) is 12.2 Å². The van der Waals surface area contributed by atoms with Crippen LogP contribution in [0.3, 0.4) is 0 Å². The molecule has 0 aliphatic heterocycles. The maximum atomic E-state index is 12.9. The van der Waals surface area contributed by atoms with Gasteiger partial charge in [0.05, 0.1) is 0 Å². The van der Waals surface area contributed by atoms with E-state index in [0.717, 1.165) is 36.8 Å². The standard InChI is InChI=1S/C24H24O2/c25-23-21(17-19-11-5-3-6-12-19)15-9-1-2-10-16-22(24(23)26)18-20-13-7-4-8-14-20/h3-8,11-14,17-18H,1-2,9-10,15-16H2/b21-17+,22-18+. The highest BCUT2D eigenvalue weighted by Crippen LogP contribution is 2.23. The highest BCUT2D eigenvalue weighted by atomic mass is 16.2. The molecule has 132 valence electrons. The second-order valence-corrected chi connectivity index (χ2v) is 6.73. The molecule has 2 heteroatoms. The summed E-state index contributed by atoms with van der Waals surface area (Å²) in [6.45, 7) is 0. The van der Waals surface area contributed by atoms with E-state index in [1.54, 1.807) is 0 Å². The molecule has 1 aliphatic rings. The molecule has 1 fully saturated rings. The largest absolute Gasteiger partial charge is 0.285 e. The summed E-state index contributed by atoms with van der Waals surface area (Å²) in [5, 5.41) is 0. The van der Waals surface area contributed by atoms with E-state index in [9.17, 15) is 9.59 Å². The zero-order chi connectivity index (χ0) is 18.2. The third-order valence-corrected chi connectivity index (χ3v) is 4.71. The molecule has 0 spiro atoms. The van der Waals surface area contributed by atoms with Gasteiger partial charge in [-0.15, -0.1) is 0 Å². The van der Waals surface area contributed by atoms with Crippen LogP contribution in [0.1, 0.15) is 49.7 Å². The quantitative estimate of drug-likeness (QED) is 0.521. The smallest absolute Gasteiger partial charge is 0.229 e. The van der Waals surface area contributed by atoms with Gasteiger partial charge in [-0.1, -0.05) is 73.5 Å². The van der Waals surface area contributed by atoms with E-state index in [4.69, 9.17) is 0 Å². The van der Waals surface area contributed by atoms with Crippen LogP contribution in [-0.2, 0) is 9.59 Å². The van der Waals surface area contributed by atoms with Crippen molar-refractivity contribution in [2.24, 2.45) is 0 Å². The molecule has 0 atom stereocenters. The predicted molar refractivity (Wildman–Crippen MR) is 107 cm³/mol. The van der Waals surface area contributed by atoms with Crippen LogP contribution in [0.15, 0.2) is 71.8 Å². The molecule has 2 nitrogen and oxygen atoms in total. The molecular weight excluding hydrogens is 320 g/mol. The van der Waals surface area contributed by atoms with Crippen LogP contribution in [0, 0.1) is 0 Å². The Morgan fingerprint density at radius 2 is 0.923 bits per heavy atom. The lowest BCUT2D eigenvalue weighted by Crippen LogP contribution is -2.19. The minimum absolute atomic E-state index is 0.349. The first-order chi connectivity index (χ1) is 12.7. The van der Waals surface area contributed by atoms with Crippen LogP contribution < -0.4 is 0 Å². The summed E-state index contributed by atoms with van der Waals surface area (Å²) in [5.41, 5.74) is 3.19. The third-order valence-electron chi connectivity index (χ3n) is 4.71. The average molecular weight is 344 g/mol. The van der Waals surface area contributed by atoms with Crippen LogP contribution in [-0.4, -0.2) is 11.6 Å². The summed E-state index contributed by atoms with van der Waals surface area (Å²) in [7, 11) is 0. The first-order valence-corrected chi connectivity index (χ1v) is 9.34. The van der Waals surface area contributed by atoms with E-state index < -0.39 is 0 Å². The molecule has 3 rings (SSSR count). The number of benzene rings is 2. The molecule has 0 heterocycles. The van der Waals surface area contributed by atoms with Gasteiger partial charge in [0.15, 0.2) is 0 Å². The number of allylic oxidation sites excluding steroid dienone is 2. The average Bonchev–Trinajstić information content (AvgIpc) is 2.68.